The predicted molar refractivity (Wildman–Crippen MR) is 80.0 cm³/mol. The smallest absolute Gasteiger partial charge is 0.227 e. The van der Waals surface area contributed by atoms with Gasteiger partial charge in [-0.2, -0.15) is 0 Å². The van der Waals surface area contributed by atoms with Crippen LogP contribution in [0.3, 0.4) is 0 Å². The van der Waals surface area contributed by atoms with Gasteiger partial charge in [-0.05, 0) is 44.2 Å². The average Bonchev–Trinajstić information content (AvgIpc) is 2.49. The first-order valence-corrected chi connectivity index (χ1v) is 7.49. The molecule has 1 heterocycles. The first-order valence-electron chi connectivity index (χ1n) is 7.49. The monoisotopic (exact) mass is 276 g/mol. The Balaban J connectivity index is 1.72. The Morgan fingerprint density at radius 3 is 2.60 bits per heavy atom. The standard InChI is InChI=1S/C15H24N4O/c1-2-9-17-19-14-5-3-12(4-6-14)15(20)18-13-7-10-16-11-8-13/h7-8,10-12,14,17,19H,2-6,9H2,1H3,(H,16,18,20). The van der Waals surface area contributed by atoms with E-state index in [4.69, 9.17) is 0 Å². The van der Waals surface area contributed by atoms with Crippen LogP contribution in [0.2, 0.25) is 0 Å². The van der Waals surface area contributed by atoms with E-state index in [0.717, 1.165) is 44.3 Å². The lowest BCUT2D eigenvalue weighted by atomic mass is 9.85. The van der Waals surface area contributed by atoms with Crippen LogP contribution in [0.4, 0.5) is 5.69 Å². The van der Waals surface area contributed by atoms with Crippen molar-refractivity contribution < 1.29 is 4.79 Å². The molecule has 20 heavy (non-hydrogen) atoms. The van der Waals surface area contributed by atoms with E-state index in [9.17, 15) is 4.79 Å². The summed E-state index contributed by atoms with van der Waals surface area (Å²) in [5.74, 6) is 0.267. The van der Waals surface area contributed by atoms with E-state index in [1.807, 2.05) is 12.1 Å². The molecular weight excluding hydrogens is 252 g/mol. The number of anilines is 1. The lowest BCUT2D eigenvalue weighted by Crippen LogP contribution is -2.44. The van der Waals surface area contributed by atoms with E-state index >= 15 is 0 Å². The molecule has 1 aliphatic carbocycles. The molecule has 1 aromatic rings. The van der Waals surface area contributed by atoms with Crippen LogP contribution in [-0.2, 0) is 4.79 Å². The molecule has 1 amide bonds. The van der Waals surface area contributed by atoms with Crippen LogP contribution in [0.25, 0.3) is 0 Å². The van der Waals surface area contributed by atoms with Crippen LogP contribution in [0.15, 0.2) is 24.5 Å². The Kier molecular flexibility index (Phi) is 5.95. The largest absolute Gasteiger partial charge is 0.326 e. The van der Waals surface area contributed by atoms with Crippen molar-refractivity contribution in [1.29, 1.82) is 0 Å². The number of rotatable bonds is 6. The van der Waals surface area contributed by atoms with Gasteiger partial charge < -0.3 is 5.32 Å². The molecule has 1 saturated carbocycles. The zero-order chi connectivity index (χ0) is 14.2. The van der Waals surface area contributed by atoms with Crippen molar-refractivity contribution >= 4 is 11.6 Å². The van der Waals surface area contributed by atoms with Gasteiger partial charge in [0.2, 0.25) is 5.91 Å². The third kappa shape index (κ3) is 4.58. The van der Waals surface area contributed by atoms with Crippen molar-refractivity contribution in [2.45, 2.75) is 45.1 Å². The zero-order valence-corrected chi connectivity index (χ0v) is 12.1. The first-order chi connectivity index (χ1) is 9.79. The summed E-state index contributed by atoms with van der Waals surface area (Å²) < 4.78 is 0. The Labute approximate surface area is 120 Å². The van der Waals surface area contributed by atoms with Gasteiger partial charge in [-0.15, -0.1) is 0 Å². The highest BCUT2D eigenvalue weighted by atomic mass is 16.1. The van der Waals surface area contributed by atoms with Crippen LogP contribution in [0.5, 0.6) is 0 Å². The normalized spacial score (nSPS) is 22.4. The quantitative estimate of drug-likeness (QED) is 0.550. The maximum atomic E-state index is 12.2. The molecule has 0 atom stereocenters. The van der Waals surface area contributed by atoms with Gasteiger partial charge in [0.05, 0.1) is 0 Å². The van der Waals surface area contributed by atoms with Crippen molar-refractivity contribution in [3.05, 3.63) is 24.5 Å². The molecule has 5 nitrogen and oxygen atoms in total. The number of amides is 1. The van der Waals surface area contributed by atoms with Gasteiger partial charge in [0.15, 0.2) is 0 Å². The number of pyridine rings is 1. The molecule has 0 aliphatic heterocycles. The predicted octanol–water partition coefficient (Wildman–Crippen LogP) is 2.08. The number of hydrazine groups is 1. The van der Waals surface area contributed by atoms with Gasteiger partial charge >= 0.3 is 0 Å². The highest BCUT2D eigenvalue weighted by Gasteiger charge is 2.26. The van der Waals surface area contributed by atoms with Crippen molar-refractivity contribution in [1.82, 2.24) is 15.8 Å². The van der Waals surface area contributed by atoms with E-state index in [0.29, 0.717) is 6.04 Å². The molecule has 0 saturated heterocycles. The number of hydrogen-bond donors (Lipinski definition) is 3. The van der Waals surface area contributed by atoms with E-state index < -0.39 is 0 Å². The summed E-state index contributed by atoms with van der Waals surface area (Å²) in [6, 6.07) is 4.13. The molecule has 1 aromatic heterocycles. The Bertz CT molecular complexity index is 402. The van der Waals surface area contributed by atoms with Crippen LogP contribution >= 0.6 is 0 Å². The third-order valence-corrected chi connectivity index (χ3v) is 3.73. The fourth-order valence-electron chi connectivity index (χ4n) is 2.52. The molecule has 0 aromatic carbocycles. The lowest BCUT2D eigenvalue weighted by Gasteiger charge is -2.28. The Hall–Kier alpha value is -1.46. The van der Waals surface area contributed by atoms with Crippen molar-refractivity contribution in [2.24, 2.45) is 5.92 Å². The molecule has 3 N–H and O–H groups in total. The van der Waals surface area contributed by atoms with E-state index in [1.54, 1.807) is 12.4 Å². The minimum atomic E-state index is 0.132. The maximum Gasteiger partial charge on any atom is 0.227 e. The van der Waals surface area contributed by atoms with Crippen molar-refractivity contribution in [3.63, 3.8) is 0 Å². The van der Waals surface area contributed by atoms with Crippen LogP contribution in [0, 0.1) is 5.92 Å². The van der Waals surface area contributed by atoms with Crippen LogP contribution in [-0.4, -0.2) is 23.5 Å². The molecule has 110 valence electrons. The highest BCUT2D eigenvalue weighted by Crippen LogP contribution is 2.25. The van der Waals surface area contributed by atoms with Gasteiger partial charge in [0, 0.05) is 36.6 Å². The molecule has 2 rings (SSSR count). The molecule has 0 spiro atoms. The summed E-state index contributed by atoms with van der Waals surface area (Å²) in [6.07, 6.45) is 8.49. The van der Waals surface area contributed by atoms with E-state index in [-0.39, 0.29) is 11.8 Å². The Morgan fingerprint density at radius 2 is 1.95 bits per heavy atom. The van der Waals surface area contributed by atoms with Gasteiger partial charge in [0.1, 0.15) is 0 Å². The lowest BCUT2D eigenvalue weighted by molar-refractivity contribution is -0.120. The minimum Gasteiger partial charge on any atom is -0.326 e. The topological polar surface area (TPSA) is 66.0 Å². The zero-order valence-electron chi connectivity index (χ0n) is 12.1. The summed E-state index contributed by atoms with van der Waals surface area (Å²) in [5.41, 5.74) is 7.40. The second-order valence-corrected chi connectivity index (χ2v) is 5.34. The number of carbonyl (C=O) groups is 1. The molecular formula is C15H24N4O. The third-order valence-electron chi connectivity index (χ3n) is 3.73. The average molecular weight is 276 g/mol. The summed E-state index contributed by atoms with van der Waals surface area (Å²) in [5, 5.41) is 2.96. The maximum absolute atomic E-state index is 12.2. The van der Waals surface area contributed by atoms with E-state index in [1.165, 1.54) is 0 Å². The Morgan fingerprint density at radius 1 is 1.25 bits per heavy atom. The number of nitrogens with zero attached hydrogens (tertiary/aromatic N) is 1. The number of hydrogen-bond acceptors (Lipinski definition) is 4. The first kappa shape index (κ1) is 14.9. The van der Waals surface area contributed by atoms with Gasteiger partial charge in [-0.25, -0.2) is 0 Å². The van der Waals surface area contributed by atoms with Gasteiger partial charge in [0.25, 0.3) is 0 Å². The van der Waals surface area contributed by atoms with Crippen molar-refractivity contribution in [3.8, 4) is 0 Å². The van der Waals surface area contributed by atoms with Gasteiger partial charge in [-0.3, -0.25) is 20.6 Å². The summed E-state index contributed by atoms with van der Waals surface area (Å²) in [6.45, 7) is 3.14. The van der Waals surface area contributed by atoms with Crippen molar-refractivity contribution in [2.75, 3.05) is 11.9 Å². The fraction of sp³-hybridized carbons (Fsp3) is 0.600. The summed E-state index contributed by atoms with van der Waals surface area (Å²) in [4.78, 5) is 16.1. The number of nitrogens with one attached hydrogen (secondary N) is 3. The molecule has 0 radical (unpaired) electrons. The molecule has 1 fully saturated rings. The molecule has 0 unspecified atom stereocenters. The second-order valence-electron chi connectivity index (χ2n) is 5.34. The highest BCUT2D eigenvalue weighted by molar-refractivity contribution is 5.92. The van der Waals surface area contributed by atoms with Crippen LogP contribution in [0.1, 0.15) is 39.0 Å². The second kappa shape index (κ2) is 7.97. The van der Waals surface area contributed by atoms with E-state index in [2.05, 4.69) is 28.1 Å². The van der Waals surface area contributed by atoms with Gasteiger partial charge in [-0.1, -0.05) is 6.92 Å². The summed E-state index contributed by atoms with van der Waals surface area (Å²) >= 11 is 0. The SMILES string of the molecule is CCCNNC1CCC(C(=O)Nc2ccncc2)CC1. The molecule has 0 bridgehead atoms. The number of aromatic nitrogens is 1. The number of carbonyl (C=O) groups excluding carboxylic acids is 1. The minimum absolute atomic E-state index is 0.132. The fourth-order valence-corrected chi connectivity index (χ4v) is 2.52. The molecule has 1 aliphatic rings. The van der Waals surface area contributed by atoms with Crippen LogP contribution < -0.4 is 16.2 Å². The summed E-state index contributed by atoms with van der Waals surface area (Å²) in [7, 11) is 0. The molecule has 5 heteroatoms.